The summed E-state index contributed by atoms with van der Waals surface area (Å²) in [6.45, 7) is 3.50. The summed E-state index contributed by atoms with van der Waals surface area (Å²) in [6, 6.07) is 6.57. The highest BCUT2D eigenvalue weighted by atomic mass is 19.1. The first-order valence-electron chi connectivity index (χ1n) is 8.23. The third kappa shape index (κ3) is 2.68. The Bertz CT molecular complexity index is 928. The zero-order valence-corrected chi connectivity index (χ0v) is 14.3. The van der Waals surface area contributed by atoms with Gasteiger partial charge in [-0.2, -0.15) is 10.1 Å². The van der Waals surface area contributed by atoms with Crippen LogP contribution in [0.25, 0.3) is 22.3 Å². The largest absolute Gasteiger partial charge is 0.383 e. The first kappa shape index (κ1) is 15.8. The number of aromatic nitrogens is 4. The molecule has 0 bridgehead atoms. The van der Waals surface area contributed by atoms with Crippen molar-refractivity contribution in [3.05, 3.63) is 30.1 Å². The lowest BCUT2D eigenvalue weighted by molar-refractivity contribution is 0.311. The number of nitrogens with two attached hydrogens (primary N) is 1. The molecule has 3 aromatic rings. The molecule has 1 aliphatic heterocycles. The molecule has 0 amide bonds. The summed E-state index contributed by atoms with van der Waals surface area (Å²) in [4.78, 5) is 13.6. The Morgan fingerprint density at radius 2 is 1.76 bits per heavy atom. The van der Waals surface area contributed by atoms with E-state index in [9.17, 15) is 4.39 Å². The van der Waals surface area contributed by atoms with Crippen molar-refractivity contribution in [1.82, 2.24) is 24.6 Å². The van der Waals surface area contributed by atoms with E-state index in [0.29, 0.717) is 34.1 Å². The fraction of sp³-hybridized carbons (Fsp3) is 0.353. The highest BCUT2D eigenvalue weighted by molar-refractivity contribution is 5.99. The Balaban J connectivity index is 1.91. The number of halogens is 1. The van der Waals surface area contributed by atoms with Crippen molar-refractivity contribution in [3.8, 4) is 11.3 Å². The first-order valence-corrected chi connectivity index (χ1v) is 8.23. The number of nitrogens with zero attached hydrogens (tertiary/aromatic N) is 6. The number of hydrogen-bond donors (Lipinski definition) is 1. The van der Waals surface area contributed by atoms with E-state index in [1.807, 2.05) is 0 Å². The molecule has 1 fully saturated rings. The van der Waals surface area contributed by atoms with Gasteiger partial charge in [-0.1, -0.05) is 12.1 Å². The molecule has 0 aliphatic carbocycles. The summed E-state index contributed by atoms with van der Waals surface area (Å²) in [7, 11) is 3.84. The molecule has 25 heavy (non-hydrogen) atoms. The van der Waals surface area contributed by atoms with E-state index in [-0.39, 0.29) is 5.82 Å². The monoisotopic (exact) mass is 341 g/mol. The van der Waals surface area contributed by atoms with Gasteiger partial charge in [-0.3, -0.25) is 4.68 Å². The molecule has 2 aromatic heterocycles. The van der Waals surface area contributed by atoms with Crippen LogP contribution in [0.5, 0.6) is 0 Å². The predicted molar refractivity (Wildman–Crippen MR) is 95.8 cm³/mol. The van der Waals surface area contributed by atoms with Crippen LogP contribution in [-0.4, -0.2) is 57.9 Å². The molecule has 1 aliphatic rings. The number of fused-ring (bicyclic) bond motifs is 1. The maximum Gasteiger partial charge on any atom is 0.228 e. The lowest BCUT2D eigenvalue weighted by Gasteiger charge is -2.32. The third-order valence-corrected chi connectivity index (χ3v) is 4.64. The maximum absolute atomic E-state index is 14.4. The zero-order chi connectivity index (χ0) is 17.6. The predicted octanol–water partition coefficient (Wildman–Crippen LogP) is 1.50. The van der Waals surface area contributed by atoms with E-state index >= 15 is 0 Å². The Morgan fingerprint density at radius 1 is 1.04 bits per heavy atom. The molecule has 0 spiro atoms. The van der Waals surface area contributed by atoms with Gasteiger partial charge < -0.3 is 15.5 Å². The normalized spacial score (nSPS) is 15.9. The molecule has 2 N–H and O–H groups in total. The second-order valence-corrected chi connectivity index (χ2v) is 6.35. The molecule has 3 heterocycles. The smallest absolute Gasteiger partial charge is 0.228 e. The maximum atomic E-state index is 14.4. The van der Waals surface area contributed by atoms with E-state index in [0.717, 1.165) is 26.2 Å². The molecule has 7 nitrogen and oxygen atoms in total. The van der Waals surface area contributed by atoms with Gasteiger partial charge in [0.05, 0.1) is 11.1 Å². The molecule has 130 valence electrons. The van der Waals surface area contributed by atoms with E-state index in [2.05, 4.69) is 31.9 Å². The molecule has 0 atom stereocenters. The van der Waals surface area contributed by atoms with Crippen molar-refractivity contribution < 1.29 is 4.39 Å². The van der Waals surface area contributed by atoms with Gasteiger partial charge in [0.15, 0.2) is 5.65 Å². The Morgan fingerprint density at radius 3 is 2.48 bits per heavy atom. The van der Waals surface area contributed by atoms with E-state index in [1.54, 1.807) is 29.9 Å². The number of rotatable bonds is 2. The zero-order valence-electron chi connectivity index (χ0n) is 14.3. The highest BCUT2D eigenvalue weighted by Gasteiger charge is 2.23. The molecule has 0 radical (unpaired) electrons. The van der Waals surface area contributed by atoms with Gasteiger partial charge in [0.1, 0.15) is 11.6 Å². The van der Waals surface area contributed by atoms with E-state index < -0.39 is 0 Å². The van der Waals surface area contributed by atoms with Gasteiger partial charge in [-0.15, -0.1) is 0 Å². The van der Waals surface area contributed by atoms with Crippen LogP contribution in [0.1, 0.15) is 0 Å². The van der Waals surface area contributed by atoms with Crippen LogP contribution in [0.3, 0.4) is 0 Å². The second-order valence-electron chi connectivity index (χ2n) is 6.35. The van der Waals surface area contributed by atoms with Gasteiger partial charge in [0, 0.05) is 38.8 Å². The number of likely N-dealkylation sites (N-methyl/N-ethyl adjacent to an activating group) is 1. The molecular weight excluding hydrogens is 321 g/mol. The highest BCUT2D eigenvalue weighted by Crippen LogP contribution is 2.33. The minimum Gasteiger partial charge on any atom is -0.383 e. The van der Waals surface area contributed by atoms with Crippen molar-refractivity contribution in [2.45, 2.75) is 0 Å². The number of nitrogen functional groups attached to an aromatic ring is 1. The Labute approximate surface area is 144 Å². The summed E-state index contributed by atoms with van der Waals surface area (Å²) in [5.41, 5.74) is 7.54. The van der Waals surface area contributed by atoms with Crippen molar-refractivity contribution in [1.29, 1.82) is 0 Å². The number of benzene rings is 1. The summed E-state index contributed by atoms with van der Waals surface area (Å²) in [5.74, 6) is 0.658. The SMILES string of the molecule is CN1CCN(c2nc(-c3ccccc3F)c3c(N)n(C)nc3n2)CC1. The van der Waals surface area contributed by atoms with Gasteiger partial charge in [-0.25, -0.2) is 9.37 Å². The molecule has 1 aromatic carbocycles. The lowest BCUT2D eigenvalue weighted by Crippen LogP contribution is -2.45. The fourth-order valence-electron chi connectivity index (χ4n) is 3.10. The number of anilines is 2. The first-order chi connectivity index (χ1) is 12.0. The van der Waals surface area contributed by atoms with E-state index in [4.69, 9.17) is 5.73 Å². The van der Waals surface area contributed by atoms with Crippen molar-refractivity contribution in [2.24, 2.45) is 7.05 Å². The Kier molecular flexibility index (Phi) is 3.76. The molecule has 1 saturated heterocycles. The summed E-state index contributed by atoms with van der Waals surface area (Å²) in [5, 5.41) is 4.97. The molecule has 8 heteroatoms. The van der Waals surface area contributed by atoms with Crippen molar-refractivity contribution in [3.63, 3.8) is 0 Å². The van der Waals surface area contributed by atoms with Gasteiger partial charge >= 0.3 is 0 Å². The average molecular weight is 341 g/mol. The Hall–Kier alpha value is -2.74. The van der Waals surface area contributed by atoms with Gasteiger partial charge in [0.25, 0.3) is 0 Å². The quantitative estimate of drug-likeness (QED) is 0.761. The topological polar surface area (TPSA) is 76.1 Å². The van der Waals surface area contributed by atoms with Crippen LogP contribution in [0.2, 0.25) is 0 Å². The third-order valence-electron chi connectivity index (χ3n) is 4.64. The van der Waals surface area contributed by atoms with Gasteiger partial charge in [0.2, 0.25) is 5.95 Å². The van der Waals surface area contributed by atoms with Crippen LogP contribution in [0.15, 0.2) is 24.3 Å². The number of aryl methyl sites for hydroxylation is 1. The van der Waals surface area contributed by atoms with Crippen LogP contribution in [-0.2, 0) is 7.05 Å². The molecule has 0 saturated carbocycles. The van der Waals surface area contributed by atoms with Crippen molar-refractivity contribution in [2.75, 3.05) is 43.9 Å². The number of hydrogen-bond acceptors (Lipinski definition) is 6. The van der Waals surface area contributed by atoms with Crippen LogP contribution < -0.4 is 10.6 Å². The lowest BCUT2D eigenvalue weighted by atomic mass is 10.1. The molecule has 4 rings (SSSR count). The van der Waals surface area contributed by atoms with Gasteiger partial charge in [-0.05, 0) is 19.2 Å². The minimum absolute atomic E-state index is 0.338. The van der Waals surface area contributed by atoms with Crippen LogP contribution in [0, 0.1) is 5.82 Å². The molecular formula is C17H20FN7. The summed E-state index contributed by atoms with van der Waals surface area (Å²) in [6.07, 6.45) is 0. The molecule has 0 unspecified atom stereocenters. The van der Waals surface area contributed by atoms with E-state index in [1.165, 1.54) is 6.07 Å². The fourth-order valence-corrected chi connectivity index (χ4v) is 3.10. The second kappa shape index (κ2) is 5.96. The standard InChI is InChI=1S/C17H20FN7/c1-23-7-9-25(10-8-23)17-20-14(11-5-3-4-6-12(11)18)13-15(19)24(2)22-16(13)21-17/h3-6H,7-10,19H2,1-2H3. The summed E-state index contributed by atoms with van der Waals surface area (Å²) >= 11 is 0. The van der Waals surface area contributed by atoms with Crippen LogP contribution >= 0.6 is 0 Å². The van der Waals surface area contributed by atoms with Crippen molar-refractivity contribution >= 4 is 22.8 Å². The van der Waals surface area contributed by atoms with Crippen LogP contribution in [0.4, 0.5) is 16.2 Å². The number of piperazine rings is 1. The summed E-state index contributed by atoms with van der Waals surface area (Å²) < 4.78 is 16.0. The average Bonchev–Trinajstić information content (AvgIpc) is 2.90. The minimum atomic E-state index is -0.338.